The van der Waals surface area contributed by atoms with Gasteiger partial charge in [0.25, 0.3) is 0 Å². The molecule has 0 aromatic heterocycles. The molecule has 4 heteroatoms. The summed E-state index contributed by atoms with van der Waals surface area (Å²) in [5.74, 6) is 3.00. The molecule has 0 unspecified atom stereocenters. The molecule has 2 nitrogen and oxygen atoms in total. The molecule has 2 N–H and O–H groups in total. The first-order chi connectivity index (χ1) is 10.3. The maximum atomic E-state index is 5.59. The second-order valence-electron chi connectivity index (χ2n) is 6.63. The summed E-state index contributed by atoms with van der Waals surface area (Å²) in [6.45, 7) is 0. The highest BCUT2D eigenvalue weighted by atomic mass is 32.2. The molecular formula is C17H22N2S2. The molecule has 1 aromatic carbocycles. The van der Waals surface area contributed by atoms with E-state index in [1.807, 2.05) is 11.8 Å². The molecule has 4 atom stereocenters. The number of benzene rings is 1. The third-order valence-corrected chi connectivity index (χ3v) is 6.68. The number of nitrogens with one attached hydrogen (secondary N) is 2. The van der Waals surface area contributed by atoms with Crippen LogP contribution >= 0.6 is 24.0 Å². The van der Waals surface area contributed by atoms with Crippen LogP contribution in [0.4, 0.5) is 0 Å². The summed E-state index contributed by atoms with van der Waals surface area (Å²) < 4.78 is 0. The van der Waals surface area contributed by atoms with Crippen LogP contribution in [0, 0.1) is 11.8 Å². The van der Waals surface area contributed by atoms with Crippen LogP contribution in [0.25, 0.3) is 0 Å². The number of hydrogen-bond donors (Lipinski definition) is 2. The van der Waals surface area contributed by atoms with Gasteiger partial charge in [0.05, 0.1) is 6.04 Å². The molecule has 2 aliphatic carbocycles. The fourth-order valence-electron chi connectivity index (χ4n) is 4.28. The molecule has 1 heterocycles. The molecular weight excluding hydrogens is 296 g/mol. The van der Waals surface area contributed by atoms with Gasteiger partial charge in [0, 0.05) is 16.7 Å². The predicted octanol–water partition coefficient (Wildman–Crippen LogP) is 3.88. The van der Waals surface area contributed by atoms with E-state index in [1.165, 1.54) is 41.9 Å². The minimum atomic E-state index is 0.376. The van der Waals surface area contributed by atoms with Crippen LogP contribution < -0.4 is 10.6 Å². The first-order valence-electron chi connectivity index (χ1n) is 8.08. The van der Waals surface area contributed by atoms with Crippen molar-refractivity contribution in [3.05, 3.63) is 29.8 Å². The van der Waals surface area contributed by atoms with Crippen LogP contribution in [-0.2, 0) is 0 Å². The van der Waals surface area contributed by atoms with Gasteiger partial charge in [-0.1, -0.05) is 24.6 Å². The van der Waals surface area contributed by atoms with Gasteiger partial charge in [-0.25, -0.2) is 0 Å². The van der Waals surface area contributed by atoms with E-state index in [2.05, 4.69) is 34.9 Å². The van der Waals surface area contributed by atoms with Crippen molar-refractivity contribution in [2.24, 2.45) is 11.8 Å². The Morgan fingerprint density at radius 1 is 1.10 bits per heavy atom. The standard InChI is InChI=1S/C17H22N2S2/c20-17(19-15-10-11-5-6-12(15)9-11)18-14-7-8-21-16-4-2-1-3-13(14)16/h1-4,11-12,14-15H,5-10H2,(H2,18,19,20)/t11-,12-,14-,15+/m0/s1. The molecule has 0 radical (unpaired) electrons. The van der Waals surface area contributed by atoms with E-state index in [4.69, 9.17) is 12.2 Å². The van der Waals surface area contributed by atoms with Gasteiger partial charge in [0.15, 0.2) is 5.11 Å². The molecule has 0 amide bonds. The highest BCUT2D eigenvalue weighted by molar-refractivity contribution is 7.99. The van der Waals surface area contributed by atoms with Crippen molar-refractivity contribution >= 4 is 29.1 Å². The summed E-state index contributed by atoms with van der Waals surface area (Å²) in [6.07, 6.45) is 6.73. The van der Waals surface area contributed by atoms with Gasteiger partial charge < -0.3 is 10.6 Å². The number of rotatable bonds is 2. The summed E-state index contributed by atoms with van der Waals surface area (Å²) in [5, 5.41) is 8.03. The lowest BCUT2D eigenvalue weighted by Gasteiger charge is -2.30. The van der Waals surface area contributed by atoms with Crippen molar-refractivity contribution in [3.63, 3.8) is 0 Å². The molecule has 0 saturated heterocycles. The Morgan fingerprint density at radius 3 is 2.81 bits per heavy atom. The van der Waals surface area contributed by atoms with Gasteiger partial charge in [-0.15, -0.1) is 11.8 Å². The Hall–Kier alpha value is -0.740. The van der Waals surface area contributed by atoms with Crippen molar-refractivity contribution < 1.29 is 0 Å². The van der Waals surface area contributed by atoms with Crippen molar-refractivity contribution in [3.8, 4) is 0 Å². The molecule has 2 fully saturated rings. The zero-order chi connectivity index (χ0) is 14.2. The summed E-state index contributed by atoms with van der Waals surface area (Å²) in [6, 6.07) is 9.71. The lowest BCUT2D eigenvalue weighted by molar-refractivity contribution is 0.387. The minimum Gasteiger partial charge on any atom is -0.360 e. The average Bonchev–Trinajstić information content (AvgIpc) is 3.10. The summed E-state index contributed by atoms with van der Waals surface area (Å²) in [7, 11) is 0. The van der Waals surface area contributed by atoms with Gasteiger partial charge >= 0.3 is 0 Å². The summed E-state index contributed by atoms with van der Waals surface area (Å²) >= 11 is 7.55. The zero-order valence-corrected chi connectivity index (χ0v) is 13.8. The lowest BCUT2D eigenvalue weighted by Crippen LogP contribution is -2.45. The highest BCUT2D eigenvalue weighted by Gasteiger charge is 2.39. The molecule has 1 aliphatic heterocycles. The van der Waals surface area contributed by atoms with Gasteiger partial charge in [0.2, 0.25) is 0 Å². The van der Waals surface area contributed by atoms with Crippen LogP contribution in [0.1, 0.15) is 43.7 Å². The average molecular weight is 319 g/mol. The van der Waals surface area contributed by atoms with E-state index in [0.717, 1.165) is 23.4 Å². The van der Waals surface area contributed by atoms with E-state index in [1.54, 1.807) is 0 Å². The number of thiocarbonyl (C=S) groups is 1. The second-order valence-corrected chi connectivity index (χ2v) is 8.17. The molecule has 0 spiro atoms. The Bertz CT molecular complexity index is 545. The normalized spacial score (nSPS) is 33.5. The van der Waals surface area contributed by atoms with Crippen molar-refractivity contribution in [1.29, 1.82) is 0 Å². The quantitative estimate of drug-likeness (QED) is 0.808. The largest absolute Gasteiger partial charge is 0.360 e. The Balaban J connectivity index is 1.39. The SMILES string of the molecule is S=C(N[C@H]1CCSc2ccccc21)N[C@@H]1C[C@H]2CC[C@H]1C2. The van der Waals surface area contributed by atoms with Crippen LogP contribution in [0.3, 0.4) is 0 Å². The van der Waals surface area contributed by atoms with Gasteiger partial charge in [-0.2, -0.15) is 0 Å². The van der Waals surface area contributed by atoms with E-state index in [-0.39, 0.29) is 0 Å². The van der Waals surface area contributed by atoms with Crippen LogP contribution in [0.15, 0.2) is 29.2 Å². The second kappa shape index (κ2) is 5.81. The smallest absolute Gasteiger partial charge is 0.167 e. The third kappa shape index (κ3) is 2.80. The molecule has 4 rings (SSSR count). The molecule has 2 saturated carbocycles. The number of fused-ring (bicyclic) bond motifs is 3. The zero-order valence-electron chi connectivity index (χ0n) is 12.2. The molecule has 3 aliphatic rings. The van der Waals surface area contributed by atoms with Gasteiger partial charge in [-0.3, -0.25) is 0 Å². The Labute approximate surface area is 136 Å². The summed E-state index contributed by atoms with van der Waals surface area (Å²) in [4.78, 5) is 1.41. The van der Waals surface area contributed by atoms with Gasteiger partial charge in [-0.05, 0) is 61.4 Å². The molecule has 2 bridgehead atoms. The monoisotopic (exact) mass is 318 g/mol. The molecule has 1 aromatic rings. The van der Waals surface area contributed by atoms with E-state index < -0.39 is 0 Å². The highest BCUT2D eigenvalue weighted by Crippen LogP contribution is 2.44. The molecule has 21 heavy (non-hydrogen) atoms. The van der Waals surface area contributed by atoms with E-state index in [0.29, 0.717) is 12.1 Å². The fraction of sp³-hybridized carbons (Fsp3) is 0.588. The van der Waals surface area contributed by atoms with Crippen molar-refractivity contribution in [2.45, 2.75) is 49.1 Å². The number of hydrogen-bond acceptors (Lipinski definition) is 2. The van der Waals surface area contributed by atoms with Gasteiger partial charge in [0.1, 0.15) is 0 Å². The third-order valence-electron chi connectivity index (χ3n) is 5.32. The predicted molar refractivity (Wildman–Crippen MR) is 92.6 cm³/mol. The van der Waals surface area contributed by atoms with Crippen molar-refractivity contribution in [2.75, 3.05) is 5.75 Å². The van der Waals surface area contributed by atoms with Crippen LogP contribution in [0.5, 0.6) is 0 Å². The first-order valence-corrected chi connectivity index (χ1v) is 9.48. The molecule has 112 valence electrons. The minimum absolute atomic E-state index is 0.376. The summed E-state index contributed by atoms with van der Waals surface area (Å²) in [5.41, 5.74) is 1.41. The van der Waals surface area contributed by atoms with Crippen molar-refractivity contribution in [1.82, 2.24) is 10.6 Å². The maximum absolute atomic E-state index is 5.59. The first kappa shape index (κ1) is 13.9. The number of thioether (sulfide) groups is 1. The van der Waals surface area contributed by atoms with Crippen LogP contribution in [-0.4, -0.2) is 16.9 Å². The maximum Gasteiger partial charge on any atom is 0.167 e. The van der Waals surface area contributed by atoms with Crippen LogP contribution in [0.2, 0.25) is 0 Å². The topological polar surface area (TPSA) is 24.1 Å². The Morgan fingerprint density at radius 2 is 2.00 bits per heavy atom. The van der Waals surface area contributed by atoms with E-state index in [9.17, 15) is 0 Å². The Kier molecular flexibility index (Phi) is 3.84. The van der Waals surface area contributed by atoms with E-state index >= 15 is 0 Å². The fourth-order valence-corrected chi connectivity index (χ4v) is 5.70. The lowest BCUT2D eigenvalue weighted by atomic mass is 9.95.